The number of phenolic OH excluding ortho intramolecular Hbond substituents is 1. The number of hydrogen-bond donors (Lipinski definition) is 14. The third kappa shape index (κ3) is 18.8. The van der Waals surface area contributed by atoms with Crippen molar-refractivity contribution in [2.45, 2.75) is 145 Å². The lowest BCUT2D eigenvalue weighted by molar-refractivity contribution is -0.148. The number of hydrogen-bond acceptors (Lipinski definition) is 20. The number of Topliss-reactive ketones (excluding diaryl/α,β-unsaturated/α-hetero) is 1. The molecule has 15 atom stereocenters. The number of phenols is 1. The van der Waals surface area contributed by atoms with E-state index in [0.717, 1.165) is 70.9 Å². The molecule has 6 amide bonds. The number of unbranched alkanes of at least 4 members (excludes halogenated alkanes) is 2. The largest absolute Gasteiger partial charge is 0.508 e. The Bertz CT molecular complexity index is 3050. The van der Waals surface area contributed by atoms with Crippen LogP contribution in [0.2, 0.25) is 0 Å². The first kappa shape index (κ1) is 71.0. The number of carbonyl (C=O) groups excluding carboxylic acids is 7. The van der Waals surface area contributed by atoms with Gasteiger partial charge in [-0.3, -0.25) is 38.9 Å². The molecule has 3 aliphatic rings. The van der Waals surface area contributed by atoms with Gasteiger partial charge in [0.15, 0.2) is 5.78 Å². The molecule has 3 saturated heterocycles. The summed E-state index contributed by atoms with van der Waals surface area (Å²) in [5, 5.41) is 104. The number of fused-ring (bicyclic) bond motifs is 2. The summed E-state index contributed by atoms with van der Waals surface area (Å²) in [7, 11) is 0. The predicted octanol–water partition coefficient (Wildman–Crippen LogP) is -0.247. The molecular weight excluding hydrogens is 1180 g/mol. The average Bonchev–Trinajstić information content (AvgIpc) is 1.73. The van der Waals surface area contributed by atoms with E-state index in [1.165, 1.54) is 43.3 Å². The van der Waals surface area contributed by atoms with E-state index in [2.05, 4.69) is 33.5 Å². The van der Waals surface area contributed by atoms with Crippen LogP contribution < -0.4 is 37.1 Å². The highest BCUT2D eigenvalue weighted by molar-refractivity contribution is 6.00. The second-order valence-corrected chi connectivity index (χ2v) is 23.6. The minimum absolute atomic E-state index is 0.0289. The number of ether oxygens (including phenoxy) is 3. The molecule has 0 aromatic heterocycles. The highest BCUT2D eigenvalue weighted by atomic mass is 16.5. The lowest BCUT2D eigenvalue weighted by Crippen LogP contribution is -2.63. The smallest absolute Gasteiger partial charge is 0.251 e. The van der Waals surface area contributed by atoms with E-state index in [4.69, 9.17) is 19.9 Å². The molecule has 4 aromatic carbocycles. The fourth-order valence-corrected chi connectivity index (χ4v) is 11.4. The van der Waals surface area contributed by atoms with Crippen molar-refractivity contribution in [3.05, 3.63) is 108 Å². The van der Waals surface area contributed by atoms with E-state index in [9.17, 15) is 74.4 Å². The molecule has 6 unspecified atom stereocenters. The lowest BCUT2D eigenvalue weighted by Gasteiger charge is -2.34. The maximum atomic E-state index is 14.9. The fourth-order valence-electron chi connectivity index (χ4n) is 11.4. The molecule has 91 heavy (non-hydrogen) atoms. The van der Waals surface area contributed by atoms with Gasteiger partial charge in [-0.1, -0.05) is 87.4 Å². The molecule has 0 spiro atoms. The number of aliphatic hydroxyl groups is 7. The van der Waals surface area contributed by atoms with Crippen molar-refractivity contribution in [2.75, 3.05) is 59.2 Å². The van der Waals surface area contributed by atoms with Gasteiger partial charge in [-0.15, -0.1) is 0 Å². The van der Waals surface area contributed by atoms with E-state index in [-0.39, 0.29) is 62.9 Å². The first-order chi connectivity index (χ1) is 43.5. The van der Waals surface area contributed by atoms with Gasteiger partial charge in [-0.2, -0.15) is 0 Å². The average molecular weight is 1270 g/mol. The Labute approximate surface area is 528 Å². The first-order valence-corrected chi connectivity index (χ1v) is 30.9. The number of nitrogens with zero attached hydrogens (tertiary/aromatic N) is 2. The zero-order valence-electron chi connectivity index (χ0n) is 51.6. The SMILES string of the molecule is CCCCCOc1ccc(-c2ccc(-c3ccc(C(=O)N[C@H]4C[C@@H](O)C(NCCOCCOCCN)NC(=O)C5[C@@H](O)[C@@H](C)CN5C(=O)C([C@@H](C)O)NC(=O)C([C@H](O)[C@@H](O)c5ccc(O)cc5)CC(=O)C5C[C@@H](O)CN5C(=O)C([C@@H](C)O)NC4=O)cc3)cc2)cc1. The number of nitrogens with two attached hydrogens (primary N) is 1. The van der Waals surface area contributed by atoms with Gasteiger partial charge in [0, 0.05) is 56.9 Å². The molecule has 7 rings (SSSR count). The third-order valence-electron chi connectivity index (χ3n) is 16.6. The summed E-state index contributed by atoms with van der Waals surface area (Å²) in [5.74, 6) is -9.80. The van der Waals surface area contributed by atoms with Crippen molar-refractivity contribution >= 4 is 41.2 Å². The molecular formula is C65H88N8O18. The van der Waals surface area contributed by atoms with Crippen LogP contribution in [0.5, 0.6) is 11.5 Å². The van der Waals surface area contributed by atoms with E-state index in [0.29, 0.717) is 6.61 Å². The molecule has 26 nitrogen and oxygen atoms in total. The standard InChI is InChI=1S/C65H88N8O18/c1-5-6-7-26-91-47-22-18-42(19-23-47)40-10-8-39(9-11-40)41-12-14-44(15-13-41)60(83)68-49-33-52(79)59(67-25-28-90-30-29-89-27-24-66)71-63(86)55-56(80)36(2)34-73(55)65(88)54(38(4)75)69-61(84)48(58(82)57(81)43-16-20-45(76)21-17-43)32-51(78)50-31-46(77)35-72(50)64(87)53(37(3)74)70-62(49)85/h8-23,36-38,46,48-50,52-59,67,74-77,79-82H,5-7,24-35,66H2,1-4H3,(H,68,83)(H,69,84)(H,70,85)(H,71,86)/t36-,37+,38+,46+,48?,49-,50?,52+,53?,54?,55?,56-,57-,58-,59?/m0/s1. The molecule has 0 aliphatic carbocycles. The van der Waals surface area contributed by atoms with Gasteiger partial charge in [-0.25, -0.2) is 0 Å². The number of aromatic hydroxyl groups is 1. The molecule has 3 fully saturated rings. The minimum Gasteiger partial charge on any atom is -0.508 e. The predicted molar refractivity (Wildman–Crippen MR) is 331 cm³/mol. The quantitative estimate of drug-likeness (QED) is 0.0426. The molecule has 26 heteroatoms. The Morgan fingerprint density at radius 1 is 0.670 bits per heavy atom. The highest BCUT2D eigenvalue weighted by Gasteiger charge is 2.50. The van der Waals surface area contributed by atoms with Crippen molar-refractivity contribution in [2.24, 2.45) is 17.6 Å². The summed E-state index contributed by atoms with van der Waals surface area (Å²) in [6.07, 6.45) is -13.1. The Morgan fingerprint density at radius 2 is 1.23 bits per heavy atom. The summed E-state index contributed by atoms with van der Waals surface area (Å²) in [6, 6.07) is 17.8. The van der Waals surface area contributed by atoms with Crippen LogP contribution in [0.15, 0.2) is 97.1 Å². The first-order valence-electron chi connectivity index (χ1n) is 30.9. The molecule has 0 radical (unpaired) electrons. The molecule has 3 aliphatic heterocycles. The van der Waals surface area contributed by atoms with E-state index < -0.39 is 158 Å². The number of benzene rings is 4. The van der Waals surface area contributed by atoms with Crippen molar-refractivity contribution in [3.8, 4) is 33.8 Å². The number of ketones is 1. The van der Waals surface area contributed by atoms with Gasteiger partial charge in [-0.05, 0) is 84.5 Å². The summed E-state index contributed by atoms with van der Waals surface area (Å²) >= 11 is 0. The molecule has 3 heterocycles. The van der Waals surface area contributed by atoms with Gasteiger partial charge in [0.25, 0.3) is 5.91 Å². The van der Waals surface area contributed by atoms with Crippen LogP contribution in [-0.4, -0.2) is 224 Å². The van der Waals surface area contributed by atoms with Crippen molar-refractivity contribution < 1.29 is 88.6 Å². The van der Waals surface area contributed by atoms with Crippen LogP contribution in [0, 0.1) is 11.8 Å². The number of amides is 6. The number of nitrogens with one attached hydrogen (secondary N) is 5. The van der Waals surface area contributed by atoms with Gasteiger partial charge < -0.3 is 91.9 Å². The zero-order valence-corrected chi connectivity index (χ0v) is 51.6. The zero-order chi connectivity index (χ0) is 66.1. The fraction of sp³-hybridized carbons (Fsp3) is 0.523. The highest BCUT2D eigenvalue weighted by Crippen LogP contribution is 2.32. The van der Waals surface area contributed by atoms with Crippen molar-refractivity contribution in [1.29, 1.82) is 0 Å². The Balaban J connectivity index is 1.23. The van der Waals surface area contributed by atoms with E-state index >= 15 is 0 Å². The van der Waals surface area contributed by atoms with Crippen LogP contribution in [0.1, 0.15) is 88.2 Å². The summed E-state index contributed by atoms with van der Waals surface area (Å²) in [4.78, 5) is 105. The number of rotatable bonds is 23. The molecule has 496 valence electrons. The third-order valence-corrected chi connectivity index (χ3v) is 16.6. The van der Waals surface area contributed by atoms with Crippen LogP contribution in [-0.2, 0) is 38.2 Å². The van der Waals surface area contributed by atoms with Gasteiger partial charge in [0.1, 0.15) is 47.9 Å². The van der Waals surface area contributed by atoms with Crippen LogP contribution in [0.3, 0.4) is 0 Å². The van der Waals surface area contributed by atoms with Crippen molar-refractivity contribution in [3.63, 3.8) is 0 Å². The maximum Gasteiger partial charge on any atom is 0.251 e. The van der Waals surface area contributed by atoms with E-state index in [1.54, 1.807) is 12.1 Å². The van der Waals surface area contributed by atoms with E-state index in [1.807, 2.05) is 48.5 Å². The Hall–Kier alpha value is -7.47. The summed E-state index contributed by atoms with van der Waals surface area (Å²) in [6.45, 7) is 6.42. The maximum absolute atomic E-state index is 14.9. The molecule has 15 N–H and O–H groups in total. The Morgan fingerprint density at radius 3 is 1.81 bits per heavy atom. The van der Waals surface area contributed by atoms with Crippen molar-refractivity contribution in [1.82, 2.24) is 36.4 Å². The monoisotopic (exact) mass is 1270 g/mol. The second-order valence-electron chi connectivity index (χ2n) is 23.6. The minimum atomic E-state index is -2.18. The summed E-state index contributed by atoms with van der Waals surface area (Å²) < 4.78 is 16.9. The number of carbonyl (C=O) groups is 7. The summed E-state index contributed by atoms with van der Waals surface area (Å²) in [5.41, 5.74) is 9.01. The van der Waals surface area contributed by atoms with Crippen LogP contribution in [0.4, 0.5) is 0 Å². The van der Waals surface area contributed by atoms with Crippen LogP contribution in [0.25, 0.3) is 22.3 Å². The Kier molecular flexibility index (Phi) is 26.3. The molecule has 0 bridgehead atoms. The van der Waals surface area contributed by atoms with Crippen LogP contribution >= 0.6 is 0 Å². The topological polar surface area (TPSA) is 402 Å². The van der Waals surface area contributed by atoms with Gasteiger partial charge >= 0.3 is 0 Å². The van der Waals surface area contributed by atoms with Gasteiger partial charge in [0.2, 0.25) is 29.5 Å². The molecule has 0 saturated carbocycles. The normalized spacial score (nSPS) is 26.1. The number of aliphatic hydroxyl groups excluding tert-OH is 7. The second kappa shape index (κ2) is 33.7. The lowest BCUT2D eigenvalue weighted by atomic mass is 9.86. The molecule has 4 aromatic rings. The van der Waals surface area contributed by atoms with Gasteiger partial charge in [0.05, 0.1) is 81.6 Å².